The maximum absolute atomic E-state index is 5.98. The van der Waals surface area contributed by atoms with Gasteiger partial charge in [-0.25, -0.2) is 0 Å². The summed E-state index contributed by atoms with van der Waals surface area (Å²) >= 11 is 10.5. The number of likely N-dealkylation sites (N-methyl/N-ethyl adjacent to an activating group) is 1. The lowest BCUT2D eigenvalue weighted by molar-refractivity contribution is 0.270. The minimum absolute atomic E-state index is 0.146. The fraction of sp³-hybridized carbons (Fsp3) is 0.250. The van der Waals surface area contributed by atoms with Crippen LogP contribution in [-0.2, 0) is 0 Å². The average Bonchev–Trinajstić information content (AvgIpc) is 2.43. The van der Waals surface area contributed by atoms with E-state index in [-0.39, 0.29) is 6.04 Å². The van der Waals surface area contributed by atoms with Gasteiger partial charge in [0.15, 0.2) is 0 Å². The Kier molecular flexibility index (Phi) is 6.29. The van der Waals surface area contributed by atoms with Crippen LogP contribution in [0.5, 0.6) is 5.75 Å². The van der Waals surface area contributed by atoms with Crippen LogP contribution in [0.4, 0.5) is 0 Å². The first-order valence-electron chi connectivity index (χ1n) is 6.52. The van der Waals surface area contributed by atoms with Crippen molar-refractivity contribution >= 4 is 47.8 Å². The number of ether oxygens (including phenoxy) is 1. The molecule has 0 aliphatic carbocycles. The Morgan fingerprint density at radius 3 is 2.14 bits per heavy atom. The summed E-state index contributed by atoms with van der Waals surface area (Å²) < 4.78 is 8.82. The highest BCUT2D eigenvalue weighted by Gasteiger charge is 2.13. The number of halogens is 3. The highest BCUT2D eigenvalue weighted by molar-refractivity contribution is 9.11. The predicted octanol–water partition coefficient (Wildman–Crippen LogP) is 5.62. The number of hydrogen-bond acceptors (Lipinski definition) is 2. The second-order valence-corrected chi connectivity index (χ2v) is 7.39. The zero-order valence-corrected chi connectivity index (χ0v) is 16.5. The molecule has 0 radical (unpaired) electrons. The fourth-order valence-electron chi connectivity index (χ4n) is 1.98. The smallest absolute Gasteiger partial charge is 0.147 e. The third-order valence-electron chi connectivity index (χ3n) is 3.19. The summed E-state index contributed by atoms with van der Waals surface area (Å²) in [4.78, 5) is 0. The number of rotatable bonds is 5. The first kappa shape index (κ1) is 17.0. The van der Waals surface area contributed by atoms with Crippen LogP contribution in [0, 0.1) is 6.92 Å². The van der Waals surface area contributed by atoms with Gasteiger partial charge in [0.25, 0.3) is 0 Å². The summed E-state index contributed by atoms with van der Waals surface area (Å²) in [5.41, 5.74) is 2.47. The lowest BCUT2D eigenvalue weighted by Gasteiger charge is -2.19. The third-order valence-corrected chi connectivity index (χ3v) is 4.82. The average molecular weight is 478 g/mol. The van der Waals surface area contributed by atoms with Crippen molar-refractivity contribution < 1.29 is 4.74 Å². The Labute approximate surface area is 150 Å². The van der Waals surface area contributed by atoms with Crippen molar-refractivity contribution in [1.29, 1.82) is 0 Å². The number of nitrogens with one attached hydrogen (secondary N) is 1. The highest BCUT2D eigenvalue weighted by Crippen LogP contribution is 2.36. The molecule has 0 saturated carbocycles. The maximum Gasteiger partial charge on any atom is 0.147 e. The van der Waals surface area contributed by atoms with Gasteiger partial charge in [-0.3, -0.25) is 0 Å². The normalized spacial score (nSPS) is 12.2. The topological polar surface area (TPSA) is 21.3 Å². The SMILES string of the molecule is CNC(COc1c(Br)cc(Br)cc1Br)c1ccc(C)cc1. The molecule has 5 heteroatoms. The van der Waals surface area contributed by atoms with E-state index in [4.69, 9.17) is 4.74 Å². The molecular formula is C16H16Br3NO. The van der Waals surface area contributed by atoms with E-state index in [2.05, 4.69) is 84.3 Å². The zero-order chi connectivity index (χ0) is 15.4. The first-order chi connectivity index (χ1) is 10.0. The van der Waals surface area contributed by atoms with Crippen LogP contribution in [0.3, 0.4) is 0 Å². The van der Waals surface area contributed by atoms with Crippen molar-refractivity contribution in [1.82, 2.24) is 5.32 Å². The largest absolute Gasteiger partial charge is 0.489 e. The van der Waals surface area contributed by atoms with E-state index in [0.717, 1.165) is 19.2 Å². The monoisotopic (exact) mass is 475 g/mol. The van der Waals surface area contributed by atoms with E-state index in [9.17, 15) is 0 Å². The fourth-order valence-corrected chi connectivity index (χ4v) is 4.47. The van der Waals surface area contributed by atoms with Crippen LogP contribution in [0.25, 0.3) is 0 Å². The number of aryl methyl sites for hydroxylation is 1. The molecule has 0 fully saturated rings. The quantitative estimate of drug-likeness (QED) is 0.603. The molecule has 0 aliphatic heterocycles. The van der Waals surface area contributed by atoms with Gasteiger partial charge < -0.3 is 10.1 Å². The molecule has 0 amide bonds. The second-order valence-electron chi connectivity index (χ2n) is 4.76. The molecule has 2 rings (SSSR count). The summed E-state index contributed by atoms with van der Waals surface area (Å²) in [5, 5.41) is 3.29. The number of hydrogen-bond donors (Lipinski definition) is 1. The standard InChI is InChI=1S/C16H16Br3NO/c1-10-3-5-11(6-4-10)15(20-2)9-21-16-13(18)7-12(17)8-14(16)19/h3-8,15,20H,9H2,1-2H3. The Balaban J connectivity index is 2.12. The summed E-state index contributed by atoms with van der Waals surface area (Å²) in [5.74, 6) is 0.811. The second kappa shape index (κ2) is 7.77. The van der Waals surface area contributed by atoms with Crippen LogP contribution < -0.4 is 10.1 Å². The molecule has 112 valence electrons. The van der Waals surface area contributed by atoms with Crippen molar-refractivity contribution in [2.24, 2.45) is 0 Å². The van der Waals surface area contributed by atoms with Crippen molar-refractivity contribution in [3.05, 3.63) is 60.9 Å². The maximum atomic E-state index is 5.98. The summed E-state index contributed by atoms with van der Waals surface area (Å²) in [7, 11) is 1.94. The van der Waals surface area contributed by atoms with Crippen LogP contribution in [0.1, 0.15) is 17.2 Å². The van der Waals surface area contributed by atoms with Crippen LogP contribution in [0.15, 0.2) is 49.8 Å². The van der Waals surface area contributed by atoms with Gasteiger partial charge in [-0.15, -0.1) is 0 Å². The van der Waals surface area contributed by atoms with Crippen LogP contribution in [-0.4, -0.2) is 13.7 Å². The van der Waals surface area contributed by atoms with E-state index >= 15 is 0 Å². The van der Waals surface area contributed by atoms with Gasteiger partial charge in [-0.05, 0) is 63.5 Å². The van der Waals surface area contributed by atoms with E-state index in [1.54, 1.807) is 0 Å². The Morgan fingerprint density at radius 2 is 1.62 bits per heavy atom. The lowest BCUT2D eigenvalue weighted by atomic mass is 10.1. The molecule has 2 aromatic rings. The van der Waals surface area contributed by atoms with E-state index in [1.165, 1.54) is 11.1 Å². The van der Waals surface area contributed by atoms with E-state index < -0.39 is 0 Å². The molecule has 0 aromatic heterocycles. The van der Waals surface area contributed by atoms with Crippen LogP contribution in [0.2, 0.25) is 0 Å². The zero-order valence-electron chi connectivity index (χ0n) is 11.8. The van der Waals surface area contributed by atoms with Gasteiger partial charge in [-0.2, -0.15) is 0 Å². The summed E-state index contributed by atoms with van der Waals surface area (Å²) in [6.45, 7) is 2.64. The van der Waals surface area contributed by atoms with Gasteiger partial charge in [0, 0.05) is 4.47 Å². The van der Waals surface area contributed by atoms with Crippen molar-refractivity contribution in [2.75, 3.05) is 13.7 Å². The van der Waals surface area contributed by atoms with E-state index in [1.807, 2.05) is 19.2 Å². The van der Waals surface area contributed by atoms with Crippen molar-refractivity contribution in [2.45, 2.75) is 13.0 Å². The van der Waals surface area contributed by atoms with Gasteiger partial charge in [0.1, 0.15) is 12.4 Å². The minimum atomic E-state index is 0.146. The van der Waals surface area contributed by atoms with E-state index in [0.29, 0.717) is 6.61 Å². The van der Waals surface area contributed by atoms with Gasteiger partial charge in [0.2, 0.25) is 0 Å². The van der Waals surface area contributed by atoms with Gasteiger partial charge >= 0.3 is 0 Å². The molecule has 2 aromatic carbocycles. The third kappa shape index (κ3) is 4.55. The van der Waals surface area contributed by atoms with Gasteiger partial charge in [0.05, 0.1) is 15.0 Å². The molecule has 0 bridgehead atoms. The molecule has 21 heavy (non-hydrogen) atoms. The predicted molar refractivity (Wildman–Crippen MR) is 98.0 cm³/mol. The van der Waals surface area contributed by atoms with Crippen molar-refractivity contribution in [3.8, 4) is 5.75 Å². The van der Waals surface area contributed by atoms with Crippen LogP contribution >= 0.6 is 47.8 Å². The minimum Gasteiger partial charge on any atom is -0.489 e. The molecule has 1 unspecified atom stereocenters. The molecule has 2 nitrogen and oxygen atoms in total. The first-order valence-corrected chi connectivity index (χ1v) is 8.90. The molecule has 0 saturated heterocycles. The van der Waals surface area contributed by atoms with Gasteiger partial charge in [-0.1, -0.05) is 45.8 Å². The molecular weight excluding hydrogens is 462 g/mol. The van der Waals surface area contributed by atoms with Crippen molar-refractivity contribution in [3.63, 3.8) is 0 Å². The molecule has 1 N–H and O–H groups in total. The highest BCUT2D eigenvalue weighted by atomic mass is 79.9. The lowest BCUT2D eigenvalue weighted by Crippen LogP contribution is -2.23. The Morgan fingerprint density at radius 1 is 1.05 bits per heavy atom. The number of benzene rings is 2. The Hall–Kier alpha value is -0.360. The summed E-state index contributed by atoms with van der Waals surface area (Å²) in [6, 6.07) is 12.6. The summed E-state index contributed by atoms with van der Waals surface area (Å²) in [6.07, 6.45) is 0. The molecule has 0 aliphatic rings. The molecule has 0 spiro atoms. The molecule has 1 atom stereocenters. The Bertz CT molecular complexity index is 590. The molecule has 0 heterocycles.